The number of benzene rings is 2. The van der Waals surface area contributed by atoms with Gasteiger partial charge in [-0.1, -0.05) is 42.4 Å². The van der Waals surface area contributed by atoms with E-state index < -0.39 is 6.04 Å². The third-order valence-corrected chi connectivity index (χ3v) is 6.58. The van der Waals surface area contributed by atoms with Gasteiger partial charge in [-0.15, -0.1) is 22.6 Å². The van der Waals surface area contributed by atoms with Crippen molar-refractivity contribution in [1.82, 2.24) is 14.9 Å². The number of aromatic nitrogens is 3. The zero-order valence-electron chi connectivity index (χ0n) is 19.7. The summed E-state index contributed by atoms with van der Waals surface area (Å²) in [6, 6.07) is 13.0. The average Bonchev–Trinajstić information content (AvgIpc) is 3.28. The molecule has 0 radical (unpaired) electrons. The number of hydrogen-bond donors (Lipinski definition) is 3. The molecule has 0 bridgehead atoms. The third kappa shape index (κ3) is 6.02. The van der Waals surface area contributed by atoms with Gasteiger partial charge in [0.25, 0.3) is 0 Å². The maximum absolute atomic E-state index is 12.6. The molecule has 0 spiro atoms. The molecule has 0 fully saturated rings. The minimum Gasteiger partial charge on any atom is -0.496 e. The number of fused-ring (bicyclic) bond motifs is 1. The molecule has 1 aromatic heterocycles. The van der Waals surface area contributed by atoms with Crippen molar-refractivity contribution in [1.29, 1.82) is 0 Å². The Morgan fingerprint density at radius 2 is 2.03 bits per heavy atom. The molecule has 186 valence electrons. The summed E-state index contributed by atoms with van der Waals surface area (Å²) < 4.78 is 7.24. The first kappa shape index (κ1) is 26.7. The average molecular weight is 516 g/mol. The largest absolute Gasteiger partial charge is 0.496 e. The summed E-state index contributed by atoms with van der Waals surface area (Å²) in [6.07, 6.45) is 2.29. The van der Waals surface area contributed by atoms with E-state index in [4.69, 9.17) is 21.3 Å². The molecule has 35 heavy (non-hydrogen) atoms. The Hall–Kier alpha value is -2.92. The van der Waals surface area contributed by atoms with Crippen molar-refractivity contribution in [2.75, 3.05) is 24.7 Å². The number of para-hydroxylation sites is 1. The molecule has 1 aliphatic rings. The molecule has 3 aromatic rings. The summed E-state index contributed by atoms with van der Waals surface area (Å²) in [5.74, 6) is 1.75. The molecule has 0 aliphatic carbocycles. The van der Waals surface area contributed by atoms with Crippen LogP contribution in [0.3, 0.4) is 0 Å². The third-order valence-electron chi connectivity index (χ3n) is 5.65. The van der Waals surface area contributed by atoms with Gasteiger partial charge in [0.05, 0.1) is 24.4 Å². The SMILES string of the molecule is COc1ccccc1-c1nnc2n1N=C(c1ccc(C)c(NC(=O)[C@@H](N)CCCCN)c1)CS2.Cl. The van der Waals surface area contributed by atoms with Gasteiger partial charge in [0.2, 0.25) is 11.1 Å². The molecule has 11 heteroatoms. The first-order valence-electron chi connectivity index (χ1n) is 11.2. The lowest BCUT2D eigenvalue weighted by atomic mass is 10.1. The van der Waals surface area contributed by atoms with Crippen molar-refractivity contribution >= 4 is 41.5 Å². The number of carbonyl (C=O) groups is 1. The van der Waals surface area contributed by atoms with Gasteiger partial charge in [-0.05, 0) is 50.1 Å². The number of aryl methyl sites for hydroxylation is 1. The number of nitrogens with two attached hydrogens (primary N) is 2. The van der Waals surface area contributed by atoms with Gasteiger partial charge in [0.15, 0.2) is 5.82 Å². The van der Waals surface area contributed by atoms with Crippen LogP contribution in [-0.4, -0.2) is 51.9 Å². The Morgan fingerprint density at radius 3 is 2.80 bits per heavy atom. The first-order valence-corrected chi connectivity index (χ1v) is 12.2. The van der Waals surface area contributed by atoms with E-state index in [0.29, 0.717) is 35.4 Å². The quantitative estimate of drug-likeness (QED) is 0.371. The Bertz CT molecular complexity index is 1210. The molecule has 0 saturated carbocycles. The standard InChI is InChI=1S/C24H29N7O2S.ClH/c1-15-10-11-16(13-19(15)27-23(32)18(26)8-5-6-12-25)20-14-34-24-29-28-22(31(24)30-20)17-7-3-4-9-21(17)33-2;/h3-4,7,9-11,13,18H,5-6,8,12,14,25-26H2,1-2H3,(H,27,32);1H/t18-;/m0./s1. The number of hydrogen-bond acceptors (Lipinski definition) is 8. The highest BCUT2D eigenvalue weighted by molar-refractivity contribution is 7.99. The van der Waals surface area contributed by atoms with Crippen LogP contribution < -0.4 is 21.5 Å². The molecule has 2 aromatic carbocycles. The maximum Gasteiger partial charge on any atom is 0.241 e. The van der Waals surface area contributed by atoms with Gasteiger partial charge < -0.3 is 21.5 Å². The Kier molecular flexibility index (Phi) is 9.27. The maximum atomic E-state index is 12.6. The summed E-state index contributed by atoms with van der Waals surface area (Å²) in [5.41, 5.74) is 15.9. The number of nitrogens with one attached hydrogen (secondary N) is 1. The van der Waals surface area contributed by atoms with Crippen molar-refractivity contribution in [2.45, 2.75) is 37.4 Å². The molecule has 2 heterocycles. The zero-order chi connectivity index (χ0) is 24.1. The molecule has 1 amide bonds. The summed E-state index contributed by atoms with van der Waals surface area (Å²) >= 11 is 1.56. The normalized spacial score (nSPS) is 13.3. The number of amides is 1. The van der Waals surface area contributed by atoms with Gasteiger partial charge in [0, 0.05) is 17.0 Å². The number of unbranched alkanes of at least 4 members (excludes halogenated alkanes) is 1. The van der Waals surface area contributed by atoms with Crippen molar-refractivity contribution in [3.63, 3.8) is 0 Å². The van der Waals surface area contributed by atoms with E-state index in [0.717, 1.165) is 40.9 Å². The second-order valence-corrected chi connectivity index (χ2v) is 9.01. The van der Waals surface area contributed by atoms with Crippen molar-refractivity contribution < 1.29 is 9.53 Å². The fraction of sp³-hybridized carbons (Fsp3) is 0.333. The highest BCUT2D eigenvalue weighted by atomic mass is 35.5. The number of ether oxygens (including phenoxy) is 1. The van der Waals surface area contributed by atoms with Crippen LogP contribution in [0, 0.1) is 6.92 Å². The molecule has 5 N–H and O–H groups in total. The summed E-state index contributed by atoms with van der Waals surface area (Å²) in [7, 11) is 1.63. The molecule has 0 saturated heterocycles. The van der Waals surface area contributed by atoms with Crippen LogP contribution in [0.4, 0.5) is 5.69 Å². The first-order chi connectivity index (χ1) is 16.5. The summed E-state index contributed by atoms with van der Waals surface area (Å²) in [6.45, 7) is 2.55. The second-order valence-electron chi connectivity index (χ2n) is 8.06. The molecule has 9 nitrogen and oxygen atoms in total. The molecule has 1 aliphatic heterocycles. The monoisotopic (exact) mass is 515 g/mol. The number of thioether (sulfide) groups is 1. The van der Waals surface area contributed by atoms with E-state index in [1.54, 1.807) is 23.5 Å². The van der Waals surface area contributed by atoms with E-state index in [-0.39, 0.29) is 18.3 Å². The molecule has 0 unspecified atom stereocenters. The van der Waals surface area contributed by atoms with Crippen molar-refractivity contribution in [2.24, 2.45) is 16.6 Å². The highest BCUT2D eigenvalue weighted by Crippen LogP contribution is 2.33. The number of rotatable bonds is 9. The zero-order valence-corrected chi connectivity index (χ0v) is 21.4. The second kappa shape index (κ2) is 12.2. The van der Waals surface area contributed by atoms with Gasteiger partial charge in [0.1, 0.15) is 5.75 Å². The fourth-order valence-electron chi connectivity index (χ4n) is 3.67. The van der Waals surface area contributed by atoms with Crippen LogP contribution in [0.5, 0.6) is 5.75 Å². The topological polar surface area (TPSA) is 133 Å². The Labute approximate surface area is 215 Å². The van der Waals surface area contributed by atoms with Crippen LogP contribution in [0.25, 0.3) is 11.4 Å². The van der Waals surface area contributed by atoms with Gasteiger partial charge in [-0.3, -0.25) is 4.79 Å². The molecule has 1 atom stereocenters. The van der Waals surface area contributed by atoms with Crippen molar-refractivity contribution in [3.05, 3.63) is 53.6 Å². The minimum absolute atomic E-state index is 0. The van der Waals surface area contributed by atoms with Crippen molar-refractivity contribution in [3.8, 4) is 17.1 Å². The summed E-state index contributed by atoms with van der Waals surface area (Å²) in [5, 5.41) is 17.2. The lowest BCUT2D eigenvalue weighted by Gasteiger charge is -2.17. The molecular weight excluding hydrogens is 486 g/mol. The van der Waals surface area contributed by atoms with Gasteiger partial charge >= 0.3 is 0 Å². The number of methoxy groups -OCH3 is 1. The highest BCUT2D eigenvalue weighted by Gasteiger charge is 2.23. The van der Waals surface area contributed by atoms with Gasteiger partial charge in [-0.25, -0.2) is 0 Å². The number of carbonyl (C=O) groups excluding carboxylic acids is 1. The number of halogens is 1. The molecule has 4 rings (SSSR count). The Morgan fingerprint density at radius 1 is 1.23 bits per heavy atom. The van der Waals surface area contributed by atoms with E-state index in [1.807, 2.05) is 49.4 Å². The molecular formula is C24H30ClN7O2S. The van der Waals surface area contributed by atoms with E-state index in [9.17, 15) is 4.79 Å². The van der Waals surface area contributed by atoms with E-state index in [1.165, 1.54) is 0 Å². The van der Waals surface area contributed by atoms with E-state index >= 15 is 0 Å². The van der Waals surface area contributed by atoms with Crippen LogP contribution >= 0.6 is 24.2 Å². The lowest BCUT2D eigenvalue weighted by molar-refractivity contribution is -0.117. The van der Waals surface area contributed by atoms with E-state index in [2.05, 4.69) is 15.5 Å². The minimum atomic E-state index is -0.569. The van der Waals surface area contributed by atoms with Gasteiger partial charge in [-0.2, -0.15) is 9.78 Å². The smallest absolute Gasteiger partial charge is 0.241 e. The van der Waals surface area contributed by atoms with Crippen LogP contribution in [0.15, 0.2) is 52.7 Å². The predicted octanol–water partition coefficient (Wildman–Crippen LogP) is 3.44. The van der Waals surface area contributed by atoms with Crippen LogP contribution in [0.1, 0.15) is 30.4 Å². The summed E-state index contributed by atoms with van der Waals surface area (Å²) in [4.78, 5) is 12.6. The van der Waals surface area contributed by atoms with Crippen LogP contribution in [-0.2, 0) is 4.79 Å². The lowest BCUT2D eigenvalue weighted by Crippen LogP contribution is -2.35. The number of nitrogens with zero attached hydrogens (tertiary/aromatic N) is 4. The predicted molar refractivity (Wildman–Crippen MR) is 143 cm³/mol. The number of anilines is 1. The van der Waals surface area contributed by atoms with Crippen LogP contribution in [0.2, 0.25) is 0 Å². The Balaban J connectivity index is 0.00000342. The fourth-order valence-corrected chi connectivity index (χ4v) is 4.51.